The molecular weight excluding hydrogens is 348 g/mol. The highest BCUT2D eigenvalue weighted by Gasteiger charge is 2.38. The predicted molar refractivity (Wildman–Crippen MR) is 84.1 cm³/mol. The van der Waals surface area contributed by atoms with Gasteiger partial charge in [-0.3, -0.25) is 4.18 Å². The minimum atomic E-state index is -3.75. The number of nitrogens with zero attached hydrogens (tertiary/aromatic N) is 2. The van der Waals surface area contributed by atoms with Gasteiger partial charge in [0.05, 0.1) is 24.7 Å². The van der Waals surface area contributed by atoms with Gasteiger partial charge in [0.1, 0.15) is 0 Å². The van der Waals surface area contributed by atoms with Crippen LogP contribution in [0.3, 0.4) is 0 Å². The van der Waals surface area contributed by atoms with Crippen molar-refractivity contribution in [1.82, 2.24) is 9.21 Å². The van der Waals surface area contributed by atoms with Crippen molar-refractivity contribution in [1.29, 1.82) is 0 Å². The molecule has 0 aliphatic carbocycles. The van der Waals surface area contributed by atoms with Gasteiger partial charge in [0.2, 0.25) is 10.0 Å². The molecule has 0 aromatic rings. The molecule has 1 aliphatic rings. The Labute approximate surface area is 137 Å². The second kappa shape index (κ2) is 6.91. The summed E-state index contributed by atoms with van der Waals surface area (Å²) in [5.74, 6) is -0.123. The first kappa shape index (κ1) is 20.1. The molecule has 1 rings (SSSR count). The van der Waals surface area contributed by atoms with Gasteiger partial charge < -0.3 is 10.0 Å². The predicted octanol–water partition coefficient (Wildman–Crippen LogP) is 0.00270. The summed E-state index contributed by atoms with van der Waals surface area (Å²) in [6, 6.07) is -0.873. The second-order valence-electron chi connectivity index (χ2n) is 6.80. The Morgan fingerprint density at radius 1 is 1.22 bits per heavy atom. The zero-order chi connectivity index (χ0) is 18.1. The van der Waals surface area contributed by atoms with Crippen molar-refractivity contribution < 1.29 is 30.9 Å². The van der Waals surface area contributed by atoms with Crippen molar-refractivity contribution in [2.75, 3.05) is 38.2 Å². The molecule has 11 heteroatoms. The topological polar surface area (TPSA) is 121 Å². The fraction of sp³-hybridized carbons (Fsp3) is 0.917. The highest BCUT2D eigenvalue weighted by atomic mass is 32.2. The monoisotopic (exact) mass is 372 g/mol. The third-order valence-electron chi connectivity index (χ3n) is 3.15. The Balaban J connectivity index is 3.00. The summed E-state index contributed by atoms with van der Waals surface area (Å²) in [4.78, 5) is 12.1. The number of carbonyl (C=O) groups is 1. The normalized spacial score (nSPS) is 21.4. The van der Waals surface area contributed by atoms with E-state index in [0.29, 0.717) is 0 Å². The van der Waals surface area contributed by atoms with Crippen LogP contribution in [0, 0.1) is 5.41 Å². The Hall–Kier alpha value is -0.910. The number of amides is 1. The van der Waals surface area contributed by atoms with Crippen molar-refractivity contribution in [3.05, 3.63) is 0 Å². The highest BCUT2D eigenvalue weighted by molar-refractivity contribution is 7.89. The molecule has 0 unspecified atom stereocenters. The molecule has 0 aromatic carbocycles. The van der Waals surface area contributed by atoms with Gasteiger partial charge in [-0.2, -0.15) is 12.7 Å². The molecule has 0 saturated carbocycles. The van der Waals surface area contributed by atoms with Crippen molar-refractivity contribution in [2.24, 2.45) is 5.41 Å². The van der Waals surface area contributed by atoms with Crippen molar-refractivity contribution in [2.45, 2.75) is 26.8 Å². The smallest absolute Gasteiger partial charge is 0.407 e. The Bertz CT molecular complexity index is 637. The molecule has 0 aromatic heterocycles. The SMILES string of the molecule is CC(C)(C)CS(=O)(=O)N1CCN(C(=O)O)C[C@H]1COS(C)(=O)=O. The molecule has 1 saturated heterocycles. The quantitative estimate of drug-likeness (QED) is 0.674. The van der Waals surface area contributed by atoms with E-state index in [9.17, 15) is 21.6 Å². The maximum atomic E-state index is 12.6. The van der Waals surface area contributed by atoms with Gasteiger partial charge in [0, 0.05) is 19.6 Å². The van der Waals surface area contributed by atoms with Crippen LogP contribution in [0.5, 0.6) is 0 Å². The van der Waals surface area contributed by atoms with E-state index in [-0.39, 0.29) is 25.4 Å². The summed E-state index contributed by atoms with van der Waals surface area (Å²) < 4.78 is 53.3. The number of piperazine rings is 1. The fourth-order valence-corrected chi connectivity index (χ4v) is 4.95. The Kier molecular flexibility index (Phi) is 6.05. The molecule has 0 bridgehead atoms. The molecule has 1 atom stereocenters. The van der Waals surface area contributed by atoms with E-state index in [1.807, 2.05) is 0 Å². The van der Waals surface area contributed by atoms with E-state index < -0.39 is 44.3 Å². The maximum absolute atomic E-state index is 12.6. The minimum absolute atomic E-state index is 0.0253. The third-order valence-corrected chi connectivity index (χ3v) is 6.14. The van der Waals surface area contributed by atoms with Gasteiger partial charge in [-0.25, -0.2) is 13.2 Å². The average Bonchev–Trinajstić information content (AvgIpc) is 2.32. The largest absolute Gasteiger partial charge is 0.465 e. The maximum Gasteiger partial charge on any atom is 0.407 e. The first-order valence-corrected chi connectivity index (χ1v) is 10.5. The molecule has 23 heavy (non-hydrogen) atoms. The van der Waals surface area contributed by atoms with Gasteiger partial charge >= 0.3 is 6.09 Å². The molecule has 0 spiro atoms. The van der Waals surface area contributed by atoms with Gasteiger partial charge in [-0.05, 0) is 5.41 Å². The van der Waals surface area contributed by atoms with Gasteiger partial charge in [0.15, 0.2) is 0 Å². The van der Waals surface area contributed by atoms with Crippen LogP contribution in [0.2, 0.25) is 0 Å². The van der Waals surface area contributed by atoms with Crippen LogP contribution in [-0.4, -0.2) is 81.5 Å². The highest BCUT2D eigenvalue weighted by Crippen LogP contribution is 2.23. The van der Waals surface area contributed by atoms with Gasteiger partial charge in [-0.1, -0.05) is 20.8 Å². The molecule has 1 aliphatic heterocycles. The molecule has 136 valence electrons. The lowest BCUT2D eigenvalue weighted by molar-refractivity contribution is 0.0877. The Morgan fingerprint density at radius 3 is 2.22 bits per heavy atom. The zero-order valence-corrected chi connectivity index (χ0v) is 15.4. The molecule has 1 fully saturated rings. The summed E-state index contributed by atoms with van der Waals surface area (Å²) in [6.45, 7) is 4.80. The first-order chi connectivity index (χ1) is 10.2. The molecule has 1 N–H and O–H groups in total. The van der Waals surface area contributed by atoms with Crippen LogP contribution in [-0.2, 0) is 24.3 Å². The second-order valence-corrected chi connectivity index (χ2v) is 10.4. The number of hydrogen-bond donors (Lipinski definition) is 1. The van der Waals surface area contributed by atoms with Crippen LogP contribution in [0.25, 0.3) is 0 Å². The minimum Gasteiger partial charge on any atom is -0.465 e. The number of rotatable bonds is 5. The first-order valence-electron chi connectivity index (χ1n) is 7.03. The number of hydrogen-bond acceptors (Lipinski definition) is 6. The van der Waals surface area contributed by atoms with Gasteiger partial charge in [0.25, 0.3) is 10.1 Å². The van der Waals surface area contributed by atoms with E-state index >= 15 is 0 Å². The van der Waals surface area contributed by atoms with E-state index in [1.54, 1.807) is 20.8 Å². The lowest BCUT2D eigenvalue weighted by Crippen LogP contribution is -2.58. The lowest BCUT2D eigenvalue weighted by atomic mass is 10.0. The zero-order valence-electron chi connectivity index (χ0n) is 13.7. The van der Waals surface area contributed by atoms with E-state index in [2.05, 4.69) is 0 Å². The standard InChI is InChI=1S/C12H24N2O7S2/c1-12(2,3)9-23(19,20)14-6-5-13(11(15)16)7-10(14)8-21-22(4,17)18/h10H,5-9H2,1-4H3,(H,15,16)/t10-/m0/s1. The molecule has 0 radical (unpaired) electrons. The summed E-state index contributed by atoms with van der Waals surface area (Å²) in [5.41, 5.74) is -0.481. The summed E-state index contributed by atoms with van der Waals surface area (Å²) in [7, 11) is -7.42. The molecule has 9 nitrogen and oxygen atoms in total. The van der Waals surface area contributed by atoms with Crippen molar-refractivity contribution >= 4 is 26.2 Å². The van der Waals surface area contributed by atoms with E-state index in [0.717, 1.165) is 15.5 Å². The average molecular weight is 372 g/mol. The number of sulfonamides is 1. The van der Waals surface area contributed by atoms with Crippen LogP contribution in [0.15, 0.2) is 0 Å². The summed E-state index contributed by atoms with van der Waals surface area (Å²) in [5, 5.41) is 9.06. The lowest BCUT2D eigenvalue weighted by Gasteiger charge is -2.39. The Morgan fingerprint density at radius 2 is 1.78 bits per heavy atom. The third kappa shape index (κ3) is 6.61. The van der Waals surface area contributed by atoms with Gasteiger partial charge in [-0.15, -0.1) is 0 Å². The van der Waals surface area contributed by atoms with Crippen molar-refractivity contribution in [3.63, 3.8) is 0 Å². The van der Waals surface area contributed by atoms with Crippen LogP contribution >= 0.6 is 0 Å². The summed E-state index contributed by atoms with van der Waals surface area (Å²) >= 11 is 0. The van der Waals surface area contributed by atoms with Crippen LogP contribution in [0.1, 0.15) is 20.8 Å². The van der Waals surface area contributed by atoms with Crippen LogP contribution in [0.4, 0.5) is 4.79 Å². The van der Waals surface area contributed by atoms with E-state index in [1.165, 1.54) is 0 Å². The fourth-order valence-electron chi connectivity index (χ4n) is 2.35. The van der Waals surface area contributed by atoms with E-state index in [4.69, 9.17) is 9.29 Å². The molecular formula is C12H24N2O7S2. The van der Waals surface area contributed by atoms with Crippen molar-refractivity contribution in [3.8, 4) is 0 Å². The van der Waals surface area contributed by atoms with Crippen LogP contribution < -0.4 is 0 Å². The summed E-state index contributed by atoms with van der Waals surface area (Å²) in [6.07, 6.45) is -0.319. The number of carboxylic acid groups (broad SMARTS) is 1. The molecule has 1 heterocycles. The molecule has 1 amide bonds.